The van der Waals surface area contributed by atoms with Crippen molar-refractivity contribution in [2.75, 3.05) is 6.54 Å². The van der Waals surface area contributed by atoms with Gasteiger partial charge in [-0.15, -0.1) is 0 Å². The Morgan fingerprint density at radius 3 is 2.44 bits per heavy atom. The molecule has 2 unspecified atom stereocenters. The molecule has 0 heterocycles. The van der Waals surface area contributed by atoms with Crippen molar-refractivity contribution in [2.24, 2.45) is 17.1 Å². The van der Waals surface area contributed by atoms with Gasteiger partial charge in [0, 0.05) is 18.6 Å². The lowest BCUT2D eigenvalue weighted by atomic mass is 9.86. The van der Waals surface area contributed by atoms with Crippen LogP contribution in [0.25, 0.3) is 0 Å². The number of hydrogen-bond donors (Lipinski definition) is 2. The summed E-state index contributed by atoms with van der Waals surface area (Å²) < 4.78 is 0. The number of hydrogen-bond acceptors (Lipinski definition) is 2. The highest BCUT2D eigenvalue weighted by atomic mass is 15.0. The van der Waals surface area contributed by atoms with Crippen LogP contribution in [0.5, 0.6) is 0 Å². The highest BCUT2D eigenvalue weighted by Gasteiger charge is 2.47. The molecule has 1 fully saturated rings. The summed E-state index contributed by atoms with van der Waals surface area (Å²) >= 11 is 0. The normalized spacial score (nSPS) is 30.6. The van der Waals surface area contributed by atoms with E-state index in [0.717, 1.165) is 13.1 Å². The van der Waals surface area contributed by atoms with E-state index in [4.69, 9.17) is 5.73 Å². The maximum Gasteiger partial charge on any atom is 0.0337 e. The van der Waals surface area contributed by atoms with Crippen LogP contribution in [0.2, 0.25) is 0 Å². The molecule has 0 radical (unpaired) electrons. The highest BCUT2D eigenvalue weighted by Crippen LogP contribution is 2.47. The summed E-state index contributed by atoms with van der Waals surface area (Å²) in [4.78, 5) is 0. The summed E-state index contributed by atoms with van der Waals surface area (Å²) in [5.74, 6) is 0.640. The van der Waals surface area contributed by atoms with Crippen LogP contribution in [0.4, 0.5) is 0 Å². The fourth-order valence-corrected chi connectivity index (χ4v) is 3.58. The molecular formula is C16H26N2. The molecule has 1 aromatic rings. The average molecular weight is 246 g/mol. The van der Waals surface area contributed by atoms with Gasteiger partial charge in [-0.1, -0.05) is 51.1 Å². The monoisotopic (exact) mass is 246 g/mol. The first-order chi connectivity index (χ1) is 8.47. The number of nitrogens with two attached hydrogens (primary N) is 1. The van der Waals surface area contributed by atoms with Crippen molar-refractivity contribution < 1.29 is 0 Å². The van der Waals surface area contributed by atoms with Gasteiger partial charge in [-0.05, 0) is 29.7 Å². The van der Waals surface area contributed by atoms with E-state index in [1.807, 2.05) is 0 Å². The van der Waals surface area contributed by atoms with E-state index in [0.29, 0.717) is 11.3 Å². The maximum atomic E-state index is 6.08. The van der Waals surface area contributed by atoms with E-state index in [1.54, 1.807) is 0 Å². The van der Waals surface area contributed by atoms with Crippen molar-refractivity contribution in [3.8, 4) is 0 Å². The van der Waals surface area contributed by atoms with Crippen molar-refractivity contribution in [1.82, 2.24) is 5.32 Å². The van der Waals surface area contributed by atoms with Crippen molar-refractivity contribution in [3.05, 3.63) is 35.9 Å². The van der Waals surface area contributed by atoms with Crippen molar-refractivity contribution in [1.29, 1.82) is 0 Å². The molecule has 1 aliphatic carbocycles. The molecule has 0 bridgehead atoms. The Balaban J connectivity index is 2.06. The lowest BCUT2D eigenvalue weighted by Crippen LogP contribution is -2.53. The average Bonchev–Trinajstić information content (AvgIpc) is 2.58. The van der Waals surface area contributed by atoms with Crippen LogP contribution < -0.4 is 11.1 Å². The van der Waals surface area contributed by atoms with E-state index in [2.05, 4.69) is 56.4 Å². The van der Waals surface area contributed by atoms with Crippen molar-refractivity contribution in [3.63, 3.8) is 0 Å². The summed E-state index contributed by atoms with van der Waals surface area (Å²) in [5, 5.41) is 3.74. The molecule has 2 nitrogen and oxygen atoms in total. The Labute approximate surface area is 111 Å². The predicted molar refractivity (Wildman–Crippen MR) is 77.2 cm³/mol. The summed E-state index contributed by atoms with van der Waals surface area (Å²) in [7, 11) is 0. The Morgan fingerprint density at radius 2 is 1.94 bits per heavy atom. The van der Waals surface area contributed by atoms with E-state index in [1.165, 1.54) is 18.4 Å². The van der Waals surface area contributed by atoms with Gasteiger partial charge in [0.2, 0.25) is 0 Å². The number of benzene rings is 1. The molecule has 1 aromatic carbocycles. The zero-order valence-corrected chi connectivity index (χ0v) is 11.9. The van der Waals surface area contributed by atoms with Gasteiger partial charge in [-0.25, -0.2) is 0 Å². The molecule has 0 amide bonds. The van der Waals surface area contributed by atoms with E-state index < -0.39 is 0 Å². The van der Waals surface area contributed by atoms with Crippen LogP contribution >= 0.6 is 0 Å². The molecule has 2 atom stereocenters. The maximum absolute atomic E-state index is 6.08. The van der Waals surface area contributed by atoms with E-state index >= 15 is 0 Å². The topological polar surface area (TPSA) is 38.0 Å². The van der Waals surface area contributed by atoms with Gasteiger partial charge in [0.05, 0.1) is 0 Å². The third kappa shape index (κ3) is 2.76. The molecule has 0 aromatic heterocycles. The first-order valence-electron chi connectivity index (χ1n) is 6.96. The molecule has 1 saturated carbocycles. The molecular weight excluding hydrogens is 220 g/mol. The van der Waals surface area contributed by atoms with Crippen molar-refractivity contribution in [2.45, 2.75) is 45.7 Å². The van der Waals surface area contributed by atoms with Crippen LogP contribution in [-0.2, 0) is 6.54 Å². The van der Waals surface area contributed by atoms with E-state index in [9.17, 15) is 0 Å². The van der Waals surface area contributed by atoms with Gasteiger partial charge in [-0.2, -0.15) is 0 Å². The molecule has 0 spiro atoms. The summed E-state index contributed by atoms with van der Waals surface area (Å²) in [5.41, 5.74) is 7.93. The summed E-state index contributed by atoms with van der Waals surface area (Å²) in [6, 6.07) is 10.6. The third-order valence-corrected chi connectivity index (χ3v) is 4.45. The lowest BCUT2D eigenvalue weighted by molar-refractivity contribution is 0.254. The van der Waals surface area contributed by atoms with Gasteiger partial charge in [0.25, 0.3) is 0 Å². The van der Waals surface area contributed by atoms with Crippen LogP contribution in [0.15, 0.2) is 30.3 Å². The summed E-state index contributed by atoms with van der Waals surface area (Å²) in [6.45, 7) is 8.68. The summed E-state index contributed by atoms with van der Waals surface area (Å²) in [6.07, 6.45) is 2.43. The fraction of sp³-hybridized carbons (Fsp3) is 0.625. The largest absolute Gasteiger partial charge is 0.329 e. The number of nitrogens with one attached hydrogen (secondary N) is 1. The Kier molecular flexibility index (Phi) is 3.79. The minimum atomic E-state index is 0.110. The zero-order valence-electron chi connectivity index (χ0n) is 11.9. The standard InChI is InChI=1S/C16H26N2/c1-13-9-15(2,3)11-16(13,12-17)18-10-14-7-5-4-6-8-14/h4-8,13,18H,9-12,17H2,1-3H3. The zero-order chi connectivity index (χ0) is 13.2. The predicted octanol–water partition coefficient (Wildman–Crippen LogP) is 2.93. The minimum absolute atomic E-state index is 0.110. The molecule has 0 aliphatic heterocycles. The molecule has 100 valence electrons. The van der Waals surface area contributed by atoms with Gasteiger partial charge in [0.1, 0.15) is 0 Å². The van der Waals surface area contributed by atoms with Gasteiger partial charge in [-0.3, -0.25) is 0 Å². The second-order valence-electron chi connectivity index (χ2n) is 6.65. The van der Waals surface area contributed by atoms with Crippen LogP contribution in [0.1, 0.15) is 39.2 Å². The van der Waals surface area contributed by atoms with Crippen LogP contribution in [-0.4, -0.2) is 12.1 Å². The van der Waals surface area contributed by atoms with Crippen LogP contribution in [0.3, 0.4) is 0 Å². The van der Waals surface area contributed by atoms with Gasteiger partial charge < -0.3 is 11.1 Å². The first-order valence-corrected chi connectivity index (χ1v) is 6.96. The molecule has 0 saturated heterocycles. The second kappa shape index (κ2) is 5.02. The molecule has 2 heteroatoms. The lowest BCUT2D eigenvalue weighted by Gasteiger charge is -2.34. The minimum Gasteiger partial charge on any atom is -0.329 e. The Bertz CT molecular complexity index is 385. The molecule has 2 rings (SSSR count). The molecule has 3 N–H and O–H groups in total. The highest BCUT2D eigenvalue weighted by molar-refractivity contribution is 5.15. The first kappa shape index (κ1) is 13.6. The Morgan fingerprint density at radius 1 is 1.28 bits per heavy atom. The fourth-order valence-electron chi connectivity index (χ4n) is 3.58. The van der Waals surface area contributed by atoms with Gasteiger partial charge in [0.15, 0.2) is 0 Å². The Hall–Kier alpha value is -0.860. The molecule has 18 heavy (non-hydrogen) atoms. The quantitative estimate of drug-likeness (QED) is 0.857. The second-order valence-corrected chi connectivity index (χ2v) is 6.65. The van der Waals surface area contributed by atoms with Gasteiger partial charge >= 0.3 is 0 Å². The van der Waals surface area contributed by atoms with Crippen molar-refractivity contribution >= 4 is 0 Å². The molecule has 1 aliphatic rings. The van der Waals surface area contributed by atoms with Crippen LogP contribution in [0, 0.1) is 11.3 Å². The SMILES string of the molecule is CC1CC(C)(C)CC1(CN)NCc1ccccc1. The number of rotatable bonds is 4. The van der Waals surface area contributed by atoms with E-state index in [-0.39, 0.29) is 5.54 Å². The third-order valence-electron chi connectivity index (χ3n) is 4.45. The smallest absolute Gasteiger partial charge is 0.0337 e.